The fraction of sp³-hybridized carbons (Fsp3) is 0.556. The number of rotatable bonds is 3. The van der Waals surface area contributed by atoms with E-state index in [0.717, 1.165) is 13.1 Å². The van der Waals surface area contributed by atoms with Crippen molar-refractivity contribution in [3.05, 3.63) is 18.6 Å². The highest BCUT2D eigenvalue weighted by Gasteiger charge is 2.11. The molecule has 0 saturated carbocycles. The minimum absolute atomic E-state index is 0.606. The van der Waals surface area contributed by atoms with Gasteiger partial charge < -0.3 is 4.74 Å². The summed E-state index contributed by atoms with van der Waals surface area (Å²) in [4.78, 5) is 10.2. The molecule has 1 aliphatic rings. The summed E-state index contributed by atoms with van der Waals surface area (Å²) in [6.07, 6.45) is 7.48. The van der Waals surface area contributed by atoms with E-state index in [1.807, 2.05) is 0 Å². The summed E-state index contributed by atoms with van der Waals surface area (Å²) in [7, 11) is 0. The molecule has 0 spiro atoms. The lowest BCUT2D eigenvalue weighted by atomic mass is 10.4. The summed E-state index contributed by atoms with van der Waals surface area (Å²) in [5.41, 5.74) is 0. The molecule has 4 nitrogen and oxygen atoms in total. The normalized spacial score (nSPS) is 17.5. The number of nitrogens with zero attached hydrogens (tertiary/aromatic N) is 3. The second-order valence-corrected chi connectivity index (χ2v) is 3.14. The summed E-state index contributed by atoms with van der Waals surface area (Å²) < 4.78 is 5.44. The Morgan fingerprint density at radius 3 is 2.85 bits per heavy atom. The van der Waals surface area contributed by atoms with Crippen molar-refractivity contribution in [2.45, 2.75) is 12.8 Å². The van der Waals surface area contributed by atoms with E-state index in [4.69, 9.17) is 4.74 Å². The Morgan fingerprint density at radius 1 is 1.31 bits per heavy atom. The first-order chi connectivity index (χ1) is 6.45. The van der Waals surface area contributed by atoms with Crippen molar-refractivity contribution < 1.29 is 4.74 Å². The standard InChI is InChI=1S/C9H13N3O/c1-2-6-12(5-1)8-13-9-7-10-3-4-11-9/h3-4,7H,1-2,5-6,8H2. The SMILES string of the molecule is c1cnc(OCN2CCCC2)cn1. The zero-order chi connectivity index (χ0) is 8.93. The average Bonchev–Trinajstić information content (AvgIpc) is 2.69. The van der Waals surface area contributed by atoms with Crippen molar-refractivity contribution >= 4 is 0 Å². The van der Waals surface area contributed by atoms with Gasteiger partial charge in [0, 0.05) is 25.5 Å². The van der Waals surface area contributed by atoms with Gasteiger partial charge >= 0.3 is 0 Å². The van der Waals surface area contributed by atoms with E-state index in [2.05, 4.69) is 14.9 Å². The topological polar surface area (TPSA) is 38.2 Å². The molecule has 2 heterocycles. The lowest BCUT2D eigenvalue weighted by Crippen LogP contribution is -2.24. The molecule has 13 heavy (non-hydrogen) atoms. The monoisotopic (exact) mass is 179 g/mol. The van der Waals surface area contributed by atoms with Crippen LogP contribution in [0, 0.1) is 0 Å². The van der Waals surface area contributed by atoms with Gasteiger partial charge in [-0.3, -0.25) is 9.88 Å². The van der Waals surface area contributed by atoms with Crippen LogP contribution in [0.3, 0.4) is 0 Å². The molecule has 0 amide bonds. The van der Waals surface area contributed by atoms with Crippen LogP contribution in [-0.2, 0) is 0 Å². The second-order valence-electron chi connectivity index (χ2n) is 3.14. The van der Waals surface area contributed by atoms with Gasteiger partial charge in [-0.2, -0.15) is 0 Å². The summed E-state index contributed by atoms with van der Waals surface area (Å²) in [5, 5.41) is 0. The molecule has 1 aromatic heterocycles. The minimum Gasteiger partial charge on any atom is -0.460 e. The van der Waals surface area contributed by atoms with Gasteiger partial charge in [0.15, 0.2) is 0 Å². The quantitative estimate of drug-likeness (QED) is 0.691. The molecule has 0 unspecified atom stereocenters. The van der Waals surface area contributed by atoms with Crippen LogP contribution in [-0.4, -0.2) is 34.7 Å². The van der Waals surface area contributed by atoms with Crippen molar-refractivity contribution in [3.63, 3.8) is 0 Å². The van der Waals surface area contributed by atoms with E-state index in [1.165, 1.54) is 12.8 Å². The van der Waals surface area contributed by atoms with Crippen LogP contribution in [0.5, 0.6) is 5.88 Å². The molecule has 1 aliphatic heterocycles. The third-order valence-corrected chi connectivity index (χ3v) is 2.13. The van der Waals surface area contributed by atoms with Gasteiger partial charge in [-0.25, -0.2) is 4.98 Å². The molecule has 0 radical (unpaired) electrons. The number of likely N-dealkylation sites (tertiary alicyclic amines) is 1. The lowest BCUT2D eigenvalue weighted by Gasteiger charge is -2.14. The van der Waals surface area contributed by atoms with Gasteiger partial charge in [0.25, 0.3) is 0 Å². The minimum atomic E-state index is 0.606. The summed E-state index contributed by atoms with van der Waals surface area (Å²) >= 11 is 0. The van der Waals surface area contributed by atoms with E-state index < -0.39 is 0 Å². The Labute approximate surface area is 77.6 Å². The average molecular weight is 179 g/mol. The zero-order valence-electron chi connectivity index (χ0n) is 7.52. The molecule has 2 rings (SSSR count). The Morgan fingerprint density at radius 2 is 2.15 bits per heavy atom. The summed E-state index contributed by atoms with van der Waals surface area (Å²) in [5.74, 6) is 0.606. The van der Waals surface area contributed by atoms with E-state index >= 15 is 0 Å². The van der Waals surface area contributed by atoms with E-state index in [0.29, 0.717) is 12.6 Å². The number of hydrogen-bond acceptors (Lipinski definition) is 4. The van der Waals surface area contributed by atoms with Crippen LogP contribution in [0.25, 0.3) is 0 Å². The van der Waals surface area contributed by atoms with Gasteiger partial charge in [-0.1, -0.05) is 0 Å². The molecule has 70 valence electrons. The van der Waals surface area contributed by atoms with Gasteiger partial charge in [0.2, 0.25) is 5.88 Å². The van der Waals surface area contributed by atoms with Gasteiger partial charge in [0.1, 0.15) is 6.73 Å². The van der Waals surface area contributed by atoms with Crippen molar-refractivity contribution in [2.24, 2.45) is 0 Å². The molecule has 0 N–H and O–H groups in total. The first-order valence-corrected chi connectivity index (χ1v) is 4.56. The highest BCUT2D eigenvalue weighted by Crippen LogP contribution is 2.08. The molecule has 0 aromatic carbocycles. The molecule has 0 bridgehead atoms. The Bertz CT molecular complexity index is 246. The number of hydrogen-bond donors (Lipinski definition) is 0. The first-order valence-electron chi connectivity index (χ1n) is 4.56. The fourth-order valence-corrected chi connectivity index (χ4v) is 1.43. The Hall–Kier alpha value is -1.16. The van der Waals surface area contributed by atoms with Gasteiger partial charge in [-0.15, -0.1) is 0 Å². The number of aromatic nitrogens is 2. The van der Waals surface area contributed by atoms with Crippen molar-refractivity contribution in [1.29, 1.82) is 0 Å². The van der Waals surface area contributed by atoms with Crippen LogP contribution < -0.4 is 4.74 Å². The highest BCUT2D eigenvalue weighted by atomic mass is 16.5. The maximum Gasteiger partial charge on any atom is 0.233 e. The lowest BCUT2D eigenvalue weighted by molar-refractivity contribution is 0.146. The maximum absolute atomic E-state index is 5.44. The van der Waals surface area contributed by atoms with Crippen molar-refractivity contribution in [1.82, 2.24) is 14.9 Å². The molecule has 1 saturated heterocycles. The fourth-order valence-electron chi connectivity index (χ4n) is 1.43. The number of ether oxygens (including phenoxy) is 1. The second kappa shape index (κ2) is 4.18. The summed E-state index contributed by atoms with van der Waals surface area (Å²) in [6, 6.07) is 0. The zero-order valence-corrected chi connectivity index (χ0v) is 7.52. The predicted octanol–water partition coefficient (Wildman–Crippen LogP) is 0.909. The van der Waals surface area contributed by atoms with E-state index in [9.17, 15) is 0 Å². The molecular weight excluding hydrogens is 166 g/mol. The van der Waals surface area contributed by atoms with Crippen LogP contribution in [0.1, 0.15) is 12.8 Å². The van der Waals surface area contributed by atoms with Gasteiger partial charge in [0.05, 0.1) is 6.20 Å². The Balaban J connectivity index is 1.79. The molecule has 1 fully saturated rings. The van der Waals surface area contributed by atoms with Crippen LogP contribution in [0.15, 0.2) is 18.6 Å². The van der Waals surface area contributed by atoms with Crippen LogP contribution in [0.4, 0.5) is 0 Å². The molecular formula is C9H13N3O. The maximum atomic E-state index is 5.44. The summed E-state index contributed by atoms with van der Waals surface area (Å²) in [6.45, 7) is 2.92. The third kappa shape index (κ3) is 2.39. The smallest absolute Gasteiger partial charge is 0.233 e. The van der Waals surface area contributed by atoms with Crippen LogP contribution >= 0.6 is 0 Å². The largest absolute Gasteiger partial charge is 0.460 e. The van der Waals surface area contributed by atoms with Crippen molar-refractivity contribution in [3.8, 4) is 5.88 Å². The first kappa shape index (κ1) is 8.44. The Kier molecular flexibility index (Phi) is 2.72. The third-order valence-electron chi connectivity index (χ3n) is 2.13. The molecule has 0 aliphatic carbocycles. The molecule has 1 aromatic rings. The van der Waals surface area contributed by atoms with Crippen molar-refractivity contribution in [2.75, 3.05) is 19.8 Å². The highest BCUT2D eigenvalue weighted by molar-refractivity contribution is 5.00. The predicted molar refractivity (Wildman–Crippen MR) is 48.3 cm³/mol. The van der Waals surface area contributed by atoms with Crippen LogP contribution in [0.2, 0.25) is 0 Å². The molecule has 4 heteroatoms. The van der Waals surface area contributed by atoms with Gasteiger partial charge in [-0.05, 0) is 12.8 Å². The van der Waals surface area contributed by atoms with E-state index in [1.54, 1.807) is 18.6 Å². The van der Waals surface area contributed by atoms with E-state index in [-0.39, 0.29) is 0 Å². The molecule has 0 atom stereocenters.